The number of esters is 3. The Kier molecular flexibility index (Phi) is 21.0. The molecule has 0 aromatic heterocycles. The highest BCUT2D eigenvalue weighted by Crippen LogP contribution is 2.53. The number of hydrogen-bond donors (Lipinski definition) is 1. The molecule has 12 heteroatoms. The Morgan fingerprint density at radius 2 is 0.708 bits per heavy atom. The maximum Gasteiger partial charge on any atom is 0.338 e. The Hall–Kier alpha value is -3.11. The largest absolute Gasteiger partial charge is 0.462 e. The lowest BCUT2D eigenvalue weighted by Crippen LogP contribution is -2.27. The third-order valence-corrected chi connectivity index (χ3v) is 13.5. The topological polar surface area (TPSA) is 108 Å². The standard InChI is InChI=1S/C53H68Cl4O8/c1-6-10-14-18-22-26-62-50(58)34-30-38(54)44-46-40(56)32-36(52(60)64-28-24-20-16-12-8-3)43-37(53(5,61)65-29-25-21-17-13-9-4)33-41(57)47(49(43)46)45-39(55)31-35(42(34)48(44)45)51(59)63-27-23-19-15-11-7-2/h30-33,61H,6-29H2,1-5H3. The van der Waals surface area contributed by atoms with Crippen LogP contribution in [0.1, 0.15) is 200 Å². The van der Waals surface area contributed by atoms with E-state index in [0.717, 1.165) is 109 Å². The molecule has 0 aliphatic heterocycles. The number of halogens is 4. The first-order valence-corrected chi connectivity index (χ1v) is 25.7. The van der Waals surface area contributed by atoms with Crippen LogP contribution in [-0.4, -0.2) is 49.4 Å². The normalized spacial score (nSPS) is 12.8. The van der Waals surface area contributed by atoms with E-state index < -0.39 is 23.7 Å². The van der Waals surface area contributed by atoms with E-state index in [1.165, 1.54) is 25.1 Å². The number of fused-ring (bicyclic) bond motifs is 2. The fourth-order valence-corrected chi connectivity index (χ4v) is 10.1. The molecular formula is C53H68Cl4O8. The van der Waals surface area contributed by atoms with Gasteiger partial charge in [-0.05, 0) is 56.9 Å². The smallest absolute Gasteiger partial charge is 0.338 e. The van der Waals surface area contributed by atoms with Crippen molar-refractivity contribution in [1.82, 2.24) is 0 Å². The van der Waals surface area contributed by atoms with Crippen LogP contribution in [0.15, 0.2) is 24.3 Å². The van der Waals surface area contributed by atoms with E-state index in [1.807, 2.05) is 0 Å². The Morgan fingerprint density at radius 1 is 0.415 bits per heavy atom. The van der Waals surface area contributed by atoms with Gasteiger partial charge in [-0.3, -0.25) is 0 Å². The van der Waals surface area contributed by atoms with Crippen molar-refractivity contribution < 1.29 is 38.4 Å². The van der Waals surface area contributed by atoms with Crippen molar-refractivity contribution in [2.24, 2.45) is 0 Å². The summed E-state index contributed by atoms with van der Waals surface area (Å²) in [6.07, 6.45) is 19.3. The van der Waals surface area contributed by atoms with Gasteiger partial charge < -0.3 is 24.1 Å². The van der Waals surface area contributed by atoms with Gasteiger partial charge in [0, 0.05) is 68.7 Å². The molecule has 0 heterocycles. The van der Waals surface area contributed by atoms with Gasteiger partial charge in [-0.1, -0.05) is 177 Å². The van der Waals surface area contributed by atoms with Gasteiger partial charge in [0.05, 0.1) is 43.1 Å². The predicted octanol–water partition coefficient (Wildman–Crippen LogP) is 16.9. The number of carbonyl (C=O) groups is 3. The minimum Gasteiger partial charge on any atom is -0.462 e. The lowest BCUT2D eigenvalue weighted by atomic mass is 9.83. The molecule has 1 unspecified atom stereocenters. The van der Waals surface area contributed by atoms with Crippen molar-refractivity contribution in [2.75, 3.05) is 26.4 Å². The van der Waals surface area contributed by atoms with Gasteiger partial charge in [-0.15, -0.1) is 0 Å². The first-order chi connectivity index (χ1) is 31.3. The van der Waals surface area contributed by atoms with Crippen molar-refractivity contribution >= 4 is 107 Å². The third-order valence-electron chi connectivity index (χ3n) is 12.4. The zero-order valence-electron chi connectivity index (χ0n) is 39.1. The molecule has 1 N–H and O–H groups in total. The zero-order chi connectivity index (χ0) is 47.1. The van der Waals surface area contributed by atoms with Crippen molar-refractivity contribution in [2.45, 2.75) is 169 Å². The number of unbranched alkanes of at least 4 members (excludes halogenated alkanes) is 16. The van der Waals surface area contributed by atoms with E-state index >= 15 is 0 Å². The first-order valence-electron chi connectivity index (χ1n) is 24.2. The second kappa shape index (κ2) is 25.9. The highest BCUT2D eigenvalue weighted by molar-refractivity contribution is 6.54. The summed E-state index contributed by atoms with van der Waals surface area (Å²) in [4.78, 5) is 42.7. The molecule has 65 heavy (non-hydrogen) atoms. The monoisotopic (exact) mass is 972 g/mol. The second-order valence-electron chi connectivity index (χ2n) is 17.5. The second-order valence-corrected chi connectivity index (χ2v) is 19.1. The summed E-state index contributed by atoms with van der Waals surface area (Å²) in [5.74, 6) is -3.87. The lowest BCUT2D eigenvalue weighted by molar-refractivity contribution is -0.198. The highest BCUT2D eigenvalue weighted by Gasteiger charge is 2.35. The van der Waals surface area contributed by atoms with E-state index in [4.69, 9.17) is 65.4 Å². The lowest BCUT2D eigenvalue weighted by Gasteiger charge is -2.29. The van der Waals surface area contributed by atoms with Gasteiger partial charge in [0.25, 0.3) is 0 Å². The average Bonchev–Trinajstić information content (AvgIpc) is 3.28. The van der Waals surface area contributed by atoms with E-state index in [0.29, 0.717) is 57.0 Å². The number of benzene rings is 5. The highest BCUT2D eigenvalue weighted by atomic mass is 35.5. The molecule has 5 aromatic rings. The summed E-state index contributed by atoms with van der Waals surface area (Å²) in [7, 11) is 0. The summed E-state index contributed by atoms with van der Waals surface area (Å²) >= 11 is 29.3. The van der Waals surface area contributed by atoms with E-state index in [2.05, 4.69) is 27.7 Å². The third kappa shape index (κ3) is 12.9. The quantitative estimate of drug-likeness (QED) is 0.0126. The summed E-state index contributed by atoms with van der Waals surface area (Å²) < 4.78 is 23.9. The summed E-state index contributed by atoms with van der Waals surface area (Å²) in [5, 5.41) is 15.6. The van der Waals surface area contributed by atoms with Gasteiger partial charge in [0.1, 0.15) is 0 Å². The van der Waals surface area contributed by atoms with E-state index in [-0.39, 0.29) is 74.2 Å². The van der Waals surface area contributed by atoms with Gasteiger partial charge in [-0.25, -0.2) is 14.4 Å². The van der Waals surface area contributed by atoms with Crippen LogP contribution in [0.3, 0.4) is 0 Å². The molecule has 0 radical (unpaired) electrons. The van der Waals surface area contributed by atoms with Crippen LogP contribution in [0.2, 0.25) is 20.1 Å². The molecule has 5 aromatic carbocycles. The minimum absolute atomic E-state index is 0.0630. The van der Waals surface area contributed by atoms with Crippen LogP contribution in [0.5, 0.6) is 0 Å². The molecule has 0 aliphatic carbocycles. The van der Waals surface area contributed by atoms with Crippen molar-refractivity contribution in [3.05, 3.63) is 66.6 Å². The van der Waals surface area contributed by atoms with Crippen LogP contribution in [-0.2, 0) is 24.7 Å². The van der Waals surface area contributed by atoms with Crippen molar-refractivity contribution in [3.8, 4) is 0 Å². The maximum atomic E-state index is 14.3. The Balaban J connectivity index is 1.79. The summed E-state index contributed by atoms with van der Waals surface area (Å²) in [6, 6.07) is 6.10. The predicted molar refractivity (Wildman–Crippen MR) is 269 cm³/mol. The van der Waals surface area contributed by atoms with Gasteiger partial charge in [-0.2, -0.15) is 0 Å². The van der Waals surface area contributed by atoms with Crippen LogP contribution in [0.25, 0.3) is 43.1 Å². The van der Waals surface area contributed by atoms with E-state index in [1.54, 1.807) is 6.07 Å². The van der Waals surface area contributed by atoms with Gasteiger partial charge >= 0.3 is 17.9 Å². The molecule has 8 nitrogen and oxygen atoms in total. The Bertz CT molecular complexity index is 2300. The first kappa shape index (κ1) is 52.9. The molecule has 0 spiro atoms. The van der Waals surface area contributed by atoms with Crippen molar-refractivity contribution in [1.29, 1.82) is 0 Å². The van der Waals surface area contributed by atoms with Crippen LogP contribution < -0.4 is 0 Å². The fraction of sp³-hybridized carbons (Fsp3) is 0.566. The number of hydrogen-bond acceptors (Lipinski definition) is 8. The van der Waals surface area contributed by atoms with E-state index in [9.17, 15) is 19.5 Å². The maximum absolute atomic E-state index is 14.3. The summed E-state index contributed by atoms with van der Waals surface area (Å²) in [6.45, 7) is 10.9. The average molecular weight is 975 g/mol. The Morgan fingerprint density at radius 3 is 1.06 bits per heavy atom. The molecule has 0 aliphatic rings. The molecule has 5 rings (SSSR count). The number of rotatable bonds is 29. The van der Waals surface area contributed by atoms with Gasteiger partial charge in [0.15, 0.2) is 5.79 Å². The SMILES string of the molecule is CCCCCCCOC(=O)c1cc(Cl)c2c3c(Cl)cc(C(=O)OCCCCCCC)c4c(C(C)(O)OCCCCCCC)cc(Cl)c(c5c(Cl)cc(C(=O)OCCCCCCC)c1c25)c43. The van der Waals surface area contributed by atoms with Crippen molar-refractivity contribution in [3.63, 3.8) is 0 Å². The summed E-state index contributed by atoms with van der Waals surface area (Å²) in [5.41, 5.74) is 0.459. The molecule has 0 fully saturated rings. The number of aliphatic hydroxyl groups is 1. The molecule has 0 saturated heterocycles. The number of carbonyl (C=O) groups excluding carboxylic acids is 3. The van der Waals surface area contributed by atoms with Crippen LogP contribution in [0, 0.1) is 0 Å². The molecular weight excluding hydrogens is 906 g/mol. The van der Waals surface area contributed by atoms with Gasteiger partial charge in [0.2, 0.25) is 0 Å². The Labute approximate surface area is 405 Å². The molecule has 0 amide bonds. The van der Waals surface area contributed by atoms with Crippen LogP contribution in [0.4, 0.5) is 0 Å². The molecule has 356 valence electrons. The minimum atomic E-state index is -1.93. The fourth-order valence-electron chi connectivity index (χ4n) is 8.87. The van der Waals surface area contributed by atoms with Crippen LogP contribution >= 0.6 is 46.4 Å². The molecule has 0 saturated carbocycles. The number of ether oxygens (including phenoxy) is 4. The molecule has 1 atom stereocenters. The zero-order valence-corrected chi connectivity index (χ0v) is 42.1. The molecule has 0 bridgehead atoms.